The van der Waals surface area contributed by atoms with Gasteiger partial charge >= 0.3 is 12.3 Å². The highest BCUT2D eigenvalue weighted by Gasteiger charge is 2.34. The summed E-state index contributed by atoms with van der Waals surface area (Å²) in [5.74, 6) is -2.12. The molecule has 0 radical (unpaired) electrons. The van der Waals surface area contributed by atoms with E-state index in [4.69, 9.17) is 9.47 Å². The molecule has 188 valence electrons. The number of hydrogen-bond donors (Lipinski definition) is 0. The average molecular weight is 498 g/mol. The summed E-state index contributed by atoms with van der Waals surface area (Å²) in [6.45, 7) is 0.0474. The van der Waals surface area contributed by atoms with Gasteiger partial charge in [0.05, 0.1) is 0 Å². The summed E-state index contributed by atoms with van der Waals surface area (Å²) in [6.07, 6.45) is -1.89. The van der Waals surface area contributed by atoms with Gasteiger partial charge in [-0.2, -0.15) is 0 Å². The number of ether oxygens (including phenoxy) is 2. The molecule has 12 heteroatoms. The van der Waals surface area contributed by atoms with Gasteiger partial charge in [-0.3, -0.25) is 28.9 Å². The number of benzene rings is 2. The molecule has 0 aromatic heterocycles. The first kappa shape index (κ1) is 25.9. The maximum Gasteiger partial charge on any atom is 0.534 e. The van der Waals surface area contributed by atoms with Gasteiger partial charge in [0.2, 0.25) is 0 Å². The Labute approximate surface area is 205 Å². The fourth-order valence-corrected chi connectivity index (χ4v) is 2.95. The van der Waals surface area contributed by atoms with Gasteiger partial charge in [-0.05, 0) is 11.1 Å². The first-order valence-electron chi connectivity index (χ1n) is 10.8. The Hall–Kier alpha value is -4.74. The Balaban J connectivity index is 0.000000201. The summed E-state index contributed by atoms with van der Waals surface area (Å²) in [5, 5.41) is 0.903. The number of hydroxylamine groups is 4. The topological polar surface area (TPSA) is 146 Å². The molecule has 0 bridgehead atoms. The van der Waals surface area contributed by atoms with Crippen LogP contribution in [0.15, 0.2) is 60.7 Å². The lowest BCUT2D eigenvalue weighted by Crippen LogP contribution is -2.32. The first-order chi connectivity index (χ1) is 17.3. The molecule has 12 nitrogen and oxygen atoms in total. The molecule has 2 saturated heterocycles. The molecule has 2 aliphatic rings. The maximum atomic E-state index is 11.3. The molecule has 0 atom stereocenters. The number of nitrogens with zero attached hydrogens (tertiary/aromatic N) is 2. The Bertz CT molecular complexity index is 999. The molecule has 0 N–H and O–H groups in total. The molecule has 4 amide bonds. The van der Waals surface area contributed by atoms with Gasteiger partial charge < -0.3 is 9.47 Å². The Kier molecular flexibility index (Phi) is 9.09. The van der Waals surface area contributed by atoms with Crippen molar-refractivity contribution in [3.63, 3.8) is 0 Å². The second-order valence-electron chi connectivity index (χ2n) is 7.39. The second-order valence-corrected chi connectivity index (χ2v) is 7.39. The van der Waals surface area contributed by atoms with E-state index in [0.29, 0.717) is 10.1 Å². The molecular weight excluding hydrogens is 476 g/mol. The van der Waals surface area contributed by atoms with Crippen LogP contribution in [-0.4, -0.2) is 46.1 Å². The highest BCUT2D eigenvalue weighted by atomic mass is 16.8. The zero-order chi connectivity index (χ0) is 25.9. The fourth-order valence-electron chi connectivity index (χ4n) is 2.95. The van der Waals surface area contributed by atoms with E-state index < -0.39 is 35.9 Å². The molecule has 2 fully saturated rings. The summed E-state index contributed by atoms with van der Waals surface area (Å²) in [6, 6.07) is 18.0. The standard InChI is InChI=1S/2C12H11NO5/c2*14-10-6-7-11(15)13(10)18-12(16)17-8-9-4-2-1-3-5-9/h2*1-5H,6-8H2. The van der Waals surface area contributed by atoms with Crippen molar-refractivity contribution in [3.05, 3.63) is 71.8 Å². The average Bonchev–Trinajstić information content (AvgIpc) is 3.38. The van der Waals surface area contributed by atoms with Crippen LogP contribution in [0.25, 0.3) is 0 Å². The third kappa shape index (κ3) is 7.65. The van der Waals surface area contributed by atoms with Crippen LogP contribution in [0.4, 0.5) is 9.59 Å². The molecule has 4 rings (SSSR count). The van der Waals surface area contributed by atoms with Crippen molar-refractivity contribution in [2.45, 2.75) is 38.9 Å². The minimum absolute atomic E-state index is 0.0237. The molecule has 0 unspecified atom stereocenters. The predicted molar refractivity (Wildman–Crippen MR) is 118 cm³/mol. The van der Waals surface area contributed by atoms with Crippen molar-refractivity contribution in [2.75, 3.05) is 0 Å². The summed E-state index contributed by atoms with van der Waals surface area (Å²) in [4.78, 5) is 76.3. The minimum atomic E-state index is -1.07. The van der Waals surface area contributed by atoms with E-state index in [1.165, 1.54) is 0 Å². The van der Waals surface area contributed by atoms with Crippen molar-refractivity contribution in [1.82, 2.24) is 10.1 Å². The van der Waals surface area contributed by atoms with Crippen molar-refractivity contribution in [3.8, 4) is 0 Å². The van der Waals surface area contributed by atoms with E-state index in [0.717, 1.165) is 11.1 Å². The molecular formula is C24H22N2O10. The van der Waals surface area contributed by atoms with Crippen molar-refractivity contribution in [1.29, 1.82) is 0 Å². The Morgan fingerprint density at radius 1 is 0.556 bits per heavy atom. The number of carbonyl (C=O) groups is 6. The van der Waals surface area contributed by atoms with Crippen molar-refractivity contribution >= 4 is 35.9 Å². The quantitative estimate of drug-likeness (QED) is 0.430. The highest BCUT2D eigenvalue weighted by molar-refractivity contribution is 6.02. The zero-order valence-corrected chi connectivity index (χ0v) is 19.0. The lowest BCUT2D eigenvalue weighted by Gasteiger charge is -2.12. The Morgan fingerprint density at radius 3 is 1.17 bits per heavy atom. The Morgan fingerprint density at radius 2 is 0.861 bits per heavy atom. The van der Waals surface area contributed by atoms with Crippen LogP contribution in [0.2, 0.25) is 0 Å². The lowest BCUT2D eigenvalue weighted by atomic mass is 10.2. The van der Waals surface area contributed by atoms with Gasteiger partial charge in [0.1, 0.15) is 13.2 Å². The molecule has 0 aliphatic carbocycles. The van der Waals surface area contributed by atoms with Crippen LogP contribution in [0.1, 0.15) is 36.8 Å². The third-order valence-electron chi connectivity index (χ3n) is 4.74. The van der Waals surface area contributed by atoms with Gasteiger partial charge in [0.25, 0.3) is 23.6 Å². The molecule has 2 aromatic carbocycles. The summed E-state index contributed by atoms with van der Waals surface area (Å²) < 4.78 is 9.56. The zero-order valence-electron chi connectivity index (χ0n) is 19.0. The molecule has 36 heavy (non-hydrogen) atoms. The van der Waals surface area contributed by atoms with Crippen molar-refractivity contribution < 1.29 is 47.9 Å². The summed E-state index contributed by atoms with van der Waals surface area (Å²) >= 11 is 0. The first-order valence-corrected chi connectivity index (χ1v) is 10.8. The van der Waals surface area contributed by atoms with Crippen LogP contribution in [0.5, 0.6) is 0 Å². The molecule has 2 heterocycles. The molecule has 2 aliphatic heterocycles. The number of carbonyl (C=O) groups excluding carboxylic acids is 6. The number of hydrogen-bond acceptors (Lipinski definition) is 10. The van der Waals surface area contributed by atoms with Crippen LogP contribution >= 0.6 is 0 Å². The van der Waals surface area contributed by atoms with E-state index in [9.17, 15) is 28.8 Å². The van der Waals surface area contributed by atoms with Gasteiger partial charge in [-0.25, -0.2) is 9.59 Å². The minimum Gasteiger partial charge on any atom is -0.428 e. The van der Waals surface area contributed by atoms with Crippen LogP contribution < -0.4 is 0 Å². The summed E-state index contributed by atoms with van der Waals surface area (Å²) in [5.41, 5.74) is 1.57. The molecule has 2 aromatic rings. The highest BCUT2D eigenvalue weighted by Crippen LogP contribution is 2.14. The van der Waals surface area contributed by atoms with E-state index >= 15 is 0 Å². The SMILES string of the molecule is O=C(OCc1ccccc1)ON1C(=O)CCC1=O.O=C(OCc1ccccc1)ON1C(=O)CCC1=O. The predicted octanol–water partition coefficient (Wildman–Crippen LogP) is 2.81. The normalized spacial score (nSPS) is 14.8. The smallest absolute Gasteiger partial charge is 0.428 e. The molecule has 0 saturated carbocycles. The summed E-state index contributed by atoms with van der Waals surface area (Å²) in [7, 11) is 0. The van der Waals surface area contributed by atoms with Crippen LogP contribution in [0.3, 0.4) is 0 Å². The van der Waals surface area contributed by atoms with Gasteiger partial charge in [-0.15, -0.1) is 0 Å². The van der Waals surface area contributed by atoms with Crippen LogP contribution in [-0.2, 0) is 51.5 Å². The van der Waals surface area contributed by atoms with E-state index in [1.54, 1.807) is 48.5 Å². The van der Waals surface area contributed by atoms with Gasteiger partial charge in [0.15, 0.2) is 0 Å². The third-order valence-corrected chi connectivity index (χ3v) is 4.74. The number of amides is 4. The lowest BCUT2D eigenvalue weighted by molar-refractivity contribution is -0.178. The second kappa shape index (κ2) is 12.6. The number of rotatable bonds is 6. The van der Waals surface area contributed by atoms with Crippen LogP contribution in [0, 0.1) is 0 Å². The van der Waals surface area contributed by atoms with E-state index in [-0.39, 0.29) is 38.9 Å². The monoisotopic (exact) mass is 498 g/mol. The fraction of sp³-hybridized carbons (Fsp3) is 0.250. The van der Waals surface area contributed by atoms with Gasteiger partial charge in [0, 0.05) is 25.7 Å². The van der Waals surface area contributed by atoms with E-state index in [1.807, 2.05) is 12.1 Å². The largest absolute Gasteiger partial charge is 0.534 e. The van der Waals surface area contributed by atoms with Crippen molar-refractivity contribution in [2.24, 2.45) is 0 Å². The maximum absolute atomic E-state index is 11.3. The van der Waals surface area contributed by atoms with Gasteiger partial charge in [-0.1, -0.05) is 70.8 Å². The molecule has 0 spiro atoms. The van der Waals surface area contributed by atoms with E-state index in [2.05, 4.69) is 9.68 Å². The number of imide groups is 2.